The summed E-state index contributed by atoms with van der Waals surface area (Å²) in [4.78, 5) is 0. The molecule has 0 bridgehead atoms. The molecule has 0 N–H and O–H groups in total. The van der Waals surface area contributed by atoms with Crippen LogP contribution in [0.2, 0.25) is 0 Å². The monoisotopic (exact) mass is 546 g/mol. The van der Waals surface area contributed by atoms with Crippen molar-refractivity contribution in [3.05, 3.63) is 34.9 Å². The van der Waals surface area contributed by atoms with Crippen LogP contribution in [0.1, 0.15) is 114 Å². The molecule has 1 rings (SSSR count). The maximum atomic E-state index is 14.5. The lowest BCUT2D eigenvalue weighted by atomic mass is 9.79. The maximum absolute atomic E-state index is 14.5. The third-order valence-corrected chi connectivity index (χ3v) is 11.7. The zero-order chi connectivity index (χ0) is 28.3. The molecule has 0 amide bonds. The van der Waals surface area contributed by atoms with Gasteiger partial charge in [0.2, 0.25) is 0 Å². The van der Waals surface area contributed by atoms with Gasteiger partial charge in [0, 0.05) is 0 Å². The molecule has 0 spiro atoms. The molecule has 1 aromatic carbocycles. The molecular formula is C28H52O6P2. The van der Waals surface area contributed by atoms with Crippen molar-refractivity contribution < 1.29 is 27.2 Å². The molecule has 1 aromatic rings. The second-order valence-corrected chi connectivity index (χ2v) is 17.5. The van der Waals surface area contributed by atoms with E-state index in [1.807, 2.05) is 0 Å². The number of benzene rings is 1. The molecule has 0 fully saturated rings. The van der Waals surface area contributed by atoms with E-state index in [4.69, 9.17) is 18.1 Å². The lowest BCUT2D eigenvalue weighted by molar-refractivity contribution is 0.122. The highest BCUT2D eigenvalue weighted by Crippen LogP contribution is 2.72. The fourth-order valence-corrected chi connectivity index (χ4v) is 9.71. The van der Waals surface area contributed by atoms with Gasteiger partial charge in [-0.25, -0.2) is 0 Å². The van der Waals surface area contributed by atoms with Crippen molar-refractivity contribution in [2.24, 2.45) is 0 Å². The number of rotatable bonds is 12. The van der Waals surface area contributed by atoms with Gasteiger partial charge in [-0.2, -0.15) is 0 Å². The van der Waals surface area contributed by atoms with Crippen LogP contribution in [0.15, 0.2) is 18.2 Å². The summed E-state index contributed by atoms with van der Waals surface area (Å²) in [7, 11) is -7.93. The minimum atomic E-state index is -3.97. The molecule has 0 saturated heterocycles. The third-order valence-electron chi connectivity index (χ3n) is 5.30. The Bertz CT molecular complexity index is 840. The first-order valence-corrected chi connectivity index (χ1v) is 16.4. The highest BCUT2D eigenvalue weighted by molar-refractivity contribution is 7.72. The summed E-state index contributed by atoms with van der Waals surface area (Å²) in [5, 5.41) is -1.12. The Morgan fingerprint density at radius 3 is 1.08 bits per heavy atom. The van der Waals surface area contributed by atoms with Gasteiger partial charge >= 0.3 is 15.2 Å². The quantitative estimate of drug-likeness (QED) is 0.243. The molecule has 0 unspecified atom stereocenters. The van der Waals surface area contributed by atoms with E-state index >= 15 is 0 Å². The lowest BCUT2D eigenvalue weighted by Gasteiger charge is -2.36. The van der Waals surface area contributed by atoms with Crippen molar-refractivity contribution in [1.82, 2.24) is 0 Å². The standard InChI is InChI=1S/C28H52O6P2/c1-19(2)31-35(29,32-20(3)4)26(36(30,33-21(5)6)34-22(7)8)17-23-15-24(27(9,10)11)18-25(16-23)28(12,13)14/h15-16,18-22,26H,17H2,1-14H3. The Balaban J connectivity index is 3.92. The first-order valence-electron chi connectivity index (χ1n) is 13.2. The van der Waals surface area contributed by atoms with Crippen LogP contribution >= 0.6 is 15.2 Å². The molecule has 0 aliphatic rings. The minimum Gasteiger partial charge on any atom is -0.305 e. The Labute approximate surface area is 221 Å². The molecule has 0 atom stereocenters. The van der Waals surface area contributed by atoms with Crippen LogP contribution in [-0.4, -0.2) is 29.8 Å². The molecule has 0 radical (unpaired) electrons. The summed E-state index contributed by atoms with van der Waals surface area (Å²) in [5.41, 5.74) is 2.99. The van der Waals surface area contributed by atoms with Gasteiger partial charge in [0.25, 0.3) is 0 Å². The van der Waals surface area contributed by atoms with E-state index in [-0.39, 0.29) is 17.3 Å². The first-order chi connectivity index (χ1) is 16.1. The average Bonchev–Trinajstić information content (AvgIpc) is 2.61. The minimum absolute atomic E-state index is 0.107. The van der Waals surface area contributed by atoms with Crippen LogP contribution in [0, 0.1) is 0 Å². The summed E-state index contributed by atoms with van der Waals surface area (Å²) < 4.78 is 53.0. The van der Waals surface area contributed by atoms with Crippen LogP contribution in [0.25, 0.3) is 0 Å². The molecule has 6 nitrogen and oxygen atoms in total. The predicted molar refractivity (Wildman–Crippen MR) is 151 cm³/mol. The van der Waals surface area contributed by atoms with Crippen LogP contribution in [0.3, 0.4) is 0 Å². The largest absolute Gasteiger partial charge is 0.346 e. The van der Waals surface area contributed by atoms with Crippen LogP contribution in [-0.2, 0) is 44.5 Å². The highest BCUT2D eigenvalue weighted by Gasteiger charge is 2.53. The fourth-order valence-electron chi connectivity index (χ4n) is 3.79. The normalized spacial score (nSPS) is 14.2. The van der Waals surface area contributed by atoms with Crippen LogP contribution in [0.5, 0.6) is 0 Å². The molecular weight excluding hydrogens is 494 g/mol. The van der Waals surface area contributed by atoms with Gasteiger partial charge in [-0.05, 0) is 89.3 Å². The zero-order valence-corrected chi connectivity index (χ0v) is 27.0. The summed E-state index contributed by atoms with van der Waals surface area (Å²) in [6, 6.07) is 6.43. The summed E-state index contributed by atoms with van der Waals surface area (Å²) in [5.74, 6) is 0. The molecule has 36 heavy (non-hydrogen) atoms. The second-order valence-electron chi connectivity index (χ2n) is 12.8. The molecule has 210 valence electrons. The number of hydrogen-bond donors (Lipinski definition) is 0. The van der Waals surface area contributed by atoms with E-state index in [2.05, 4.69) is 59.7 Å². The van der Waals surface area contributed by atoms with Gasteiger partial charge in [-0.15, -0.1) is 0 Å². The van der Waals surface area contributed by atoms with Gasteiger partial charge < -0.3 is 18.1 Å². The van der Waals surface area contributed by atoms with Crippen molar-refractivity contribution in [2.45, 2.75) is 144 Å². The Kier molecular flexibility index (Phi) is 11.7. The predicted octanol–water partition coefficient (Wildman–Crippen LogP) is 9.24. The summed E-state index contributed by atoms with van der Waals surface area (Å²) in [6.07, 6.45) is -1.46. The summed E-state index contributed by atoms with van der Waals surface area (Å²) >= 11 is 0. The van der Waals surface area contributed by atoms with E-state index in [9.17, 15) is 9.13 Å². The molecule has 0 aliphatic heterocycles. The topological polar surface area (TPSA) is 71.1 Å². The number of hydrogen-bond acceptors (Lipinski definition) is 6. The van der Waals surface area contributed by atoms with E-state index in [1.165, 1.54) is 0 Å². The van der Waals surface area contributed by atoms with Crippen molar-refractivity contribution in [3.63, 3.8) is 0 Å². The zero-order valence-electron chi connectivity index (χ0n) is 25.2. The van der Waals surface area contributed by atoms with Gasteiger partial charge in [0.05, 0.1) is 24.4 Å². The Morgan fingerprint density at radius 2 is 0.861 bits per heavy atom. The van der Waals surface area contributed by atoms with E-state index < -0.39 is 45.0 Å². The highest BCUT2D eigenvalue weighted by atomic mass is 31.2. The van der Waals surface area contributed by atoms with Gasteiger partial charge in [-0.3, -0.25) is 9.13 Å². The van der Waals surface area contributed by atoms with Gasteiger partial charge in [0.1, 0.15) is 0 Å². The van der Waals surface area contributed by atoms with Gasteiger partial charge in [0.15, 0.2) is 5.40 Å². The molecule has 8 heteroatoms. The molecule has 0 saturated carbocycles. The molecule has 0 aliphatic carbocycles. The third kappa shape index (κ3) is 10.0. The van der Waals surface area contributed by atoms with E-state index in [0.717, 1.165) is 16.7 Å². The maximum Gasteiger partial charge on any atom is 0.346 e. The first kappa shape index (κ1) is 33.5. The molecule has 0 aromatic heterocycles. The summed E-state index contributed by atoms with van der Waals surface area (Å²) in [6.45, 7) is 27.4. The van der Waals surface area contributed by atoms with Gasteiger partial charge in [-0.1, -0.05) is 59.7 Å². The fraction of sp³-hybridized carbons (Fsp3) is 0.786. The van der Waals surface area contributed by atoms with Crippen molar-refractivity contribution in [1.29, 1.82) is 0 Å². The van der Waals surface area contributed by atoms with Crippen molar-refractivity contribution in [3.8, 4) is 0 Å². The Hall–Kier alpha value is -0.480. The average molecular weight is 547 g/mol. The van der Waals surface area contributed by atoms with E-state index in [0.29, 0.717) is 0 Å². The van der Waals surface area contributed by atoms with Crippen LogP contribution < -0.4 is 0 Å². The Morgan fingerprint density at radius 1 is 0.583 bits per heavy atom. The second kappa shape index (κ2) is 12.6. The lowest BCUT2D eigenvalue weighted by Crippen LogP contribution is -2.26. The molecule has 0 heterocycles. The van der Waals surface area contributed by atoms with Crippen molar-refractivity contribution >= 4 is 15.2 Å². The van der Waals surface area contributed by atoms with E-state index in [1.54, 1.807) is 55.4 Å². The van der Waals surface area contributed by atoms with Crippen LogP contribution in [0.4, 0.5) is 0 Å². The SMILES string of the molecule is CC(C)OP(=O)(OC(C)C)C(Cc1cc(C(C)(C)C)cc(C(C)(C)C)c1)P(=O)(OC(C)C)OC(C)C. The smallest absolute Gasteiger partial charge is 0.305 e. The van der Waals surface area contributed by atoms with Crippen molar-refractivity contribution in [2.75, 3.05) is 0 Å².